The van der Waals surface area contributed by atoms with Crippen molar-refractivity contribution in [2.75, 3.05) is 27.2 Å². The number of halogens is 3. The Morgan fingerprint density at radius 3 is 2.29 bits per heavy atom. The Balaban J connectivity index is 2.22. The monoisotopic (exact) mass is 300 g/mol. The van der Waals surface area contributed by atoms with E-state index < -0.39 is 23.6 Å². The molecule has 0 saturated heterocycles. The van der Waals surface area contributed by atoms with Gasteiger partial charge in [0, 0.05) is 6.54 Å². The zero-order valence-electron chi connectivity index (χ0n) is 11.7. The van der Waals surface area contributed by atoms with Crippen molar-refractivity contribution in [2.45, 2.75) is 12.6 Å². The van der Waals surface area contributed by atoms with E-state index in [1.807, 2.05) is 19.0 Å². The van der Waals surface area contributed by atoms with Gasteiger partial charge < -0.3 is 4.90 Å². The number of amides is 2. The van der Waals surface area contributed by atoms with E-state index in [9.17, 15) is 22.8 Å². The molecule has 0 N–H and O–H groups in total. The molecule has 1 aliphatic rings. The number of carbonyl (C=O) groups is 2. The van der Waals surface area contributed by atoms with Gasteiger partial charge in [-0.1, -0.05) is 0 Å². The van der Waals surface area contributed by atoms with Crippen LogP contribution in [-0.2, 0) is 6.18 Å². The standard InChI is InChI=1S/C14H15F3N2O2/c1-18(2)6-3-7-19-12(20)10-5-4-9(14(15,16)17)8-11(10)13(19)21/h4-5,8H,3,6-7H2,1-2H3. The number of hydrogen-bond donors (Lipinski definition) is 0. The lowest BCUT2D eigenvalue weighted by Gasteiger charge is -2.15. The molecule has 114 valence electrons. The van der Waals surface area contributed by atoms with Gasteiger partial charge in [-0.2, -0.15) is 13.2 Å². The summed E-state index contributed by atoms with van der Waals surface area (Å²) < 4.78 is 38.0. The van der Waals surface area contributed by atoms with Gasteiger partial charge in [-0.3, -0.25) is 14.5 Å². The highest BCUT2D eigenvalue weighted by molar-refractivity contribution is 6.21. The molecule has 0 aliphatic carbocycles. The molecule has 0 spiro atoms. The van der Waals surface area contributed by atoms with Crippen molar-refractivity contribution in [3.05, 3.63) is 34.9 Å². The smallest absolute Gasteiger partial charge is 0.309 e. The van der Waals surface area contributed by atoms with E-state index in [2.05, 4.69) is 0 Å². The molecule has 0 bridgehead atoms. The zero-order valence-corrected chi connectivity index (χ0v) is 11.7. The fourth-order valence-electron chi connectivity index (χ4n) is 2.22. The summed E-state index contributed by atoms with van der Waals surface area (Å²) in [5.41, 5.74) is -1.05. The molecule has 4 nitrogen and oxygen atoms in total. The summed E-state index contributed by atoms with van der Waals surface area (Å²) >= 11 is 0. The number of nitrogens with zero attached hydrogens (tertiary/aromatic N) is 2. The lowest BCUT2D eigenvalue weighted by molar-refractivity contribution is -0.137. The Hall–Kier alpha value is -1.89. The van der Waals surface area contributed by atoms with E-state index in [-0.39, 0.29) is 17.7 Å². The van der Waals surface area contributed by atoms with E-state index in [1.54, 1.807) is 0 Å². The van der Waals surface area contributed by atoms with E-state index in [0.29, 0.717) is 13.0 Å². The molecule has 1 heterocycles. The fourth-order valence-corrected chi connectivity index (χ4v) is 2.22. The third kappa shape index (κ3) is 3.07. The minimum Gasteiger partial charge on any atom is -0.309 e. The lowest BCUT2D eigenvalue weighted by atomic mass is 10.1. The van der Waals surface area contributed by atoms with E-state index in [0.717, 1.165) is 23.1 Å². The number of alkyl halides is 3. The summed E-state index contributed by atoms with van der Waals surface area (Å²) in [6.07, 6.45) is -3.96. The SMILES string of the molecule is CN(C)CCCN1C(=O)c2ccc(C(F)(F)F)cc2C1=O. The molecule has 2 rings (SSSR count). The Morgan fingerprint density at radius 1 is 1.10 bits per heavy atom. The number of rotatable bonds is 4. The van der Waals surface area contributed by atoms with Crippen molar-refractivity contribution >= 4 is 11.8 Å². The van der Waals surface area contributed by atoms with E-state index in [1.165, 1.54) is 0 Å². The Labute approximate surface area is 120 Å². The van der Waals surface area contributed by atoms with Crippen molar-refractivity contribution in [2.24, 2.45) is 0 Å². The number of imide groups is 1. The number of hydrogen-bond acceptors (Lipinski definition) is 3. The molecule has 1 aromatic rings. The molecular weight excluding hydrogens is 285 g/mol. The second-order valence-electron chi connectivity index (χ2n) is 5.18. The van der Waals surface area contributed by atoms with Crippen molar-refractivity contribution in [3.8, 4) is 0 Å². The summed E-state index contributed by atoms with van der Waals surface area (Å²) in [4.78, 5) is 27.1. The predicted octanol–water partition coefficient (Wildman–Crippen LogP) is 2.25. The second kappa shape index (κ2) is 5.48. The summed E-state index contributed by atoms with van der Waals surface area (Å²) in [5, 5.41) is 0. The summed E-state index contributed by atoms with van der Waals surface area (Å²) in [5.74, 6) is -1.18. The van der Waals surface area contributed by atoms with Crippen LogP contribution in [0.1, 0.15) is 32.7 Å². The lowest BCUT2D eigenvalue weighted by Crippen LogP contribution is -2.32. The van der Waals surface area contributed by atoms with Gasteiger partial charge in [-0.05, 0) is 45.3 Å². The summed E-state index contributed by atoms with van der Waals surface area (Å²) in [6.45, 7) is 0.882. The molecule has 21 heavy (non-hydrogen) atoms. The van der Waals surface area contributed by atoms with Crippen molar-refractivity contribution in [1.29, 1.82) is 0 Å². The molecule has 7 heteroatoms. The molecule has 0 aromatic heterocycles. The molecule has 0 saturated carbocycles. The van der Waals surface area contributed by atoms with Crippen molar-refractivity contribution < 1.29 is 22.8 Å². The first-order valence-electron chi connectivity index (χ1n) is 6.44. The predicted molar refractivity (Wildman–Crippen MR) is 70.0 cm³/mol. The normalized spacial score (nSPS) is 15.0. The number of fused-ring (bicyclic) bond motifs is 1. The van der Waals surface area contributed by atoms with Crippen LogP contribution in [0.3, 0.4) is 0 Å². The molecule has 0 radical (unpaired) electrons. The molecule has 0 unspecified atom stereocenters. The summed E-state index contributed by atoms with van der Waals surface area (Å²) in [6, 6.07) is 2.65. The highest BCUT2D eigenvalue weighted by atomic mass is 19.4. The van der Waals surface area contributed by atoms with Crippen molar-refractivity contribution in [1.82, 2.24) is 9.80 Å². The van der Waals surface area contributed by atoms with Gasteiger partial charge in [0.1, 0.15) is 0 Å². The second-order valence-corrected chi connectivity index (χ2v) is 5.18. The van der Waals surface area contributed by atoms with Gasteiger partial charge in [0.2, 0.25) is 0 Å². The maximum absolute atomic E-state index is 12.7. The van der Waals surface area contributed by atoms with Crippen LogP contribution in [0, 0.1) is 0 Å². The fraction of sp³-hybridized carbons (Fsp3) is 0.429. The van der Waals surface area contributed by atoms with Gasteiger partial charge >= 0.3 is 6.18 Å². The van der Waals surface area contributed by atoms with Crippen LogP contribution in [0.15, 0.2) is 18.2 Å². The average Bonchev–Trinajstić information content (AvgIpc) is 2.62. The van der Waals surface area contributed by atoms with Crippen LogP contribution in [0.25, 0.3) is 0 Å². The molecule has 2 amide bonds. The van der Waals surface area contributed by atoms with Crippen LogP contribution in [0.4, 0.5) is 13.2 Å². The molecule has 0 fully saturated rings. The van der Waals surface area contributed by atoms with Gasteiger partial charge in [-0.15, -0.1) is 0 Å². The maximum Gasteiger partial charge on any atom is 0.416 e. The average molecular weight is 300 g/mol. The van der Waals surface area contributed by atoms with Gasteiger partial charge in [0.25, 0.3) is 11.8 Å². The first-order chi connectivity index (χ1) is 9.71. The first-order valence-corrected chi connectivity index (χ1v) is 6.44. The number of benzene rings is 1. The highest BCUT2D eigenvalue weighted by Crippen LogP contribution is 2.33. The Bertz CT molecular complexity index is 582. The van der Waals surface area contributed by atoms with Crippen LogP contribution in [0.5, 0.6) is 0 Å². The topological polar surface area (TPSA) is 40.6 Å². The summed E-state index contributed by atoms with van der Waals surface area (Å²) in [7, 11) is 3.72. The Kier molecular flexibility index (Phi) is 4.04. The third-order valence-electron chi connectivity index (χ3n) is 3.29. The minimum absolute atomic E-state index is 0.0397. The molecule has 0 atom stereocenters. The van der Waals surface area contributed by atoms with Gasteiger partial charge in [0.15, 0.2) is 0 Å². The zero-order chi connectivity index (χ0) is 15.8. The highest BCUT2D eigenvalue weighted by Gasteiger charge is 2.38. The molecular formula is C14H15F3N2O2. The third-order valence-corrected chi connectivity index (χ3v) is 3.29. The largest absolute Gasteiger partial charge is 0.416 e. The van der Waals surface area contributed by atoms with Crippen LogP contribution in [0.2, 0.25) is 0 Å². The van der Waals surface area contributed by atoms with Gasteiger partial charge in [0.05, 0.1) is 16.7 Å². The number of carbonyl (C=O) groups excluding carboxylic acids is 2. The molecule has 1 aromatic carbocycles. The van der Waals surface area contributed by atoms with Crippen molar-refractivity contribution in [3.63, 3.8) is 0 Å². The van der Waals surface area contributed by atoms with E-state index >= 15 is 0 Å². The Morgan fingerprint density at radius 2 is 1.71 bits per heavy atom. The van der Waals surface area contributed by atoms with Crippen LogP contribution >= 0.6 is 0 Å². The first kappa shape index (κ1) is 15.5. The minimum atomic E-state index is -4.53. The molecule has 1 aliphatic heterocycles. The van der Waals surface area contributed by atoms with Crippen LogP contribution in [-0.4, -0.2) is 48.8 Å². The van der Waals surface area contributed by atoms with Gasteiger partial charge in [-0.25, -0.2) is 0 Å². The van der Waals surface area contributed by atoms with E-state index in [4.69, 9.17) is 0 Å². The quantitative estimate of drug-likeness (QED) is 0.801. The van der Waals surface area contributed by atoms with Crippen LogP contribution < -0.4 is 0 Å². The maximum atomic E-state index is 12.7.